The summed E-state index contributed by atoms with van der Waals surface area (Å²) in [6, 6.07) is 14.5. The Hall–Kier alpha value is -4.26. The van der Waals surface area contributed by atoms with E-state index in [4.69, 9.17) is 14.8 Å². The Balaban J connectivity index is 1.59. The lowest BCUT2D eigenvalue weighted by molar-refractivity contribution is 0.414. The number of methoxy groups -OCH3 is 1. The molecule has 7 heteroatoms. The van der Waals surface area contributed by atoms with Gasteiger partial charge in [0.25, 0.3) is 0 Å². The molecule has 0 spiro atoms. The second-order valence-electron chi connectivity index (χ2n) is 7.76. The van der Waals surface area contributed by atoms with Crippen LogP contribution in [0.4, 0.5) is 0 Å². The Kier molecular flexibility index (Phi) is 4.14. The number of nitrogens with one attached hydrogen (secondary N) is 1. The second kappa shape index (κ2) is 7.16. The van der Waals surface area contributed by atoms with E-state index in [0.717, 1.165) is 61.2 Å². The highest BCUT2D eigenvalue weighted by Gasteiger charge is 2.18. The standard InChI is InChI=1S/C25H20N6O/c1-31-22-14-27-21-12-23(32-2)18(17-7-9-26-13-17)11-19(21)24(22)25(30-31)16-5-3-15(4-6-16)20-8-10-28-29-20/h3-8,10-14H,9H2,1-2H3,(H,28,29). The summed E-state index contributed by atoms with van der Waals surface area (Å²) in [5.41, 5.74) is 7.97. The summed E-state index contributed by atoms with van der Waals surface area (Å²) in [7, 11) is 3.64. The summed E-state index contributed by atoms with van der Waals surface area (Å²) < 4.78 is 7.56. The number of rotatable bonds is 4. The largest absolute Gasteiger partial charge is 0.496 e. The minimum atomic E-state index is 0.694. The first-order valence-electron chi connectivity index (χ1n) is 10.4. The van der Waals surface area contributed by atoms with Crippen LogP contribution < -0.4 is 4.74 Å². The van der Waals surface area contributed by atoms with Gasteiger partial charge in [0.2, 0.25) is 0 Å². The summed E-state index contributed by atoms with van der Waals surface area (Å²) in [5, 5.41) is 14.0. The van der Waals surface area contributed by atoms with Gasteiger partial charge < -0.3 is 4.74 Å². The van der Waals surface area contributed by atoms with Gasteiger partial charge in [-0.25, -0.2) is 0 Å². The van der Waals surface area contributed by atoms with Gasteiger partial charge in [-0.3, -0.25) is 19.8 Å². The predicted octanol–water partition coefficient (Wildman–Crippen LogP) is 4.66. The summed E-state index contributed by atoms with van der Waals surface area (Å²) >= 11 is 0. The highest BCUT2D eigenvalue weighted by atomic mass is 16.5. The topological polar surface area (TPSA) is 81.0 Å². The van der Waals surface area contributed by atoms with Crippen molar-refractivity contribution in [1.82, 2.24) is 25.0 Å². The molecule has 0 aliphatic carbocycles. The van der Waals surface area contributed by atoms with Crippen molar-refractivity contribution in [3.8, 4) is 28.3 Å². The van der Waals surface area contributed by atoms with Crippen molar-refractivity contribution in [1.29, 1.82) is 0 Å². The number of aliphatic imine (C=N–C) groups is 1. The van der Waals surface area contributed by atoms with Crippen molar-refractivity contribution in [2.24, 2.45) is 12.0 Å². The third-order valence-corrected chi connectivity index (χ3v) is 5.93. The van der Waals surface area contributed by atoms with Crippen LogP contribution in [-0.2, 0) is 7.05 Å². The molecule has 1 aliphatic heterocycles. The lowest BCUT2D eigenvalue weighted by atomic mass is 9.98. The zero-order valence-corrected chi connectivity index (χ0v) is 17.7. The molecule has 2 aromatic carbocycles. The molecule has 1 aliphatic rings. The maximum absolute atomic E-state index is 5.68. The fraction of sp³-hybridized carbons (Fsp3) is 0.120. The van der Waals surface area contributed by atoms with Crippen LogP contribution in [-0.4, -0.2) is 44.8 Å². The molecular weight excluding hydrogens is 400 g/mol. The zero-order chi connectivity index (χ0) is 21.7. The Morgan fingerprint density at radius 1 is 1.06 bits per heavy atom. The van der Waals surface area contributed by atoms with Crippen molar-refractivity contribution in [3.05, 3.63) is 66.5 Å². The Morgan fingerprint density at radius 2 is 1.91 bits per heavy atom. The van der Waals surface area contributed by atoms with E-state index in [-0.39, 0.29) is 0 Å². The number of ether oxygens (including phenoxy) is 1. The van der Waals surface area contributed by atoms with E-state index in [1.54, 1.807) is 13.3 Å². The molecule has 4 heterocycles. The van der Waals surface area contributed by atoms with Gasteiger partial charge in [0, 0.05) is 53.0 Å². The van der Waals surface area contributed by atoms with Crippen LogP contribution in [0, 0.1) is 0 Å². The van der Waals surface area contributed by atoms with E-state index in [1.165, 1.54) is 0 Å². The first kappa shape index (κ1) is 18.5. The molecule has 32 heavy (non-hydrogen) atoms. The molecule has 0 atom stereocenters. The number of hydrogen-bond donors (Lipinski definition) is 1. The maximum Gasteiger partial charge on any atom is 0.128 e. The molecule has 0 saturated heterocycles. The zero-order valence-electron chi connectivity index (χ0n) is 17.7. The minimum absolute atomic E-state index is 0.694. The average molecular weight is 420 g/mol. The molecule has 1 N–H and O–H groups in total. The molecule has 0 radical (unpaired) electrons. The van der Waals surface area contributed by atoms with Gasteiger partial charge in [-0.2, -0.15) is 10.2 Å². The van der Waals surface area contributed by atoms with E-state index in [1.807, 2.05) is 36.3 Å². The fourth-order valence-electron chi connectivity index (χ4n) is 4.31. The smallest absolute Gasteiger partial charge is 0.128 e. The molecule has 6 rings (SSSR count). The summed E-state index contributed by atoms with van der Waals surface area (Å²) in [5.74, 6) is 0.790. The van der Waals surface area contributed by atoms with Crippen molar-refractivity contribution in [3.63, 3.8) is 0 Å². The van der Waals surface area contributed by atoms with Gasteiger partial charge >= 0.3 is 0 Å². The van der Waals surface area contributed by atoms with Crippen molar-refractivity contribution in [2.75, 3.05) is 13.7 Å². The van der Waals surface area contributed by atoms with Crippen LogP contribution >= 0.6 is 0 Å². The van der Waals surface area contributed by atoms with E-state index in [2.05, 4.69) is 51.6 Å². The summed E-state index contributed by atoms with van der Waals surface area (Å²) in [6.07, 6.45) is 7.64. The van der Waals surface area contributed by atoms with Crippen molar-refractivity contribution < 1.29 is 4.74 Å². The lowest BCUT2D eigenvalue weighted by Crippen LogP contribution is -1.94. The van der Waals surface area contributed by atoms with Crippen LogP contribution in [0.2, 0.25) is 0 Å². The molecule has 3 aromatic heterocycles. The summed E-state index contributed by atoms with van der Waals surface area (Å²) in [6.45, 7) is 0.694. The number of benzene rings is 2. The average Bonchev–Trinajstić information content (AvgIpc) is 3.60. The number of pyridine rings is 1. The molecule has 7 nitrogen and oxygen atoms in total. The van der Waals surface area contributed by atoms with Gasteiger partial charge in [0.1, 0.15) is 11.4 Å². The van der Waals surface area contributed by atoms with Crippen LogP contribution in [0.1, 0.15) is 5.56 Å². The highest BCUT2D eigenvalue weighted by molar-refractivity contribution is 6.17. The Bertz CT molecular complexity index is 1530. The molecule has 5 aromatic rings. The first-order valence-corrected chi connectivity index (χ1v) is 10.4. The van der Waals surface area contributed by atoms with Crippen molar-refractivity contribution >= 4 is 33.6 Å². The highest BCUT2D eigenvalue weighted by Crippen LogP contribution is 2.38. The van der Waals surface area contributed by atoms with Crippen LogP contribution in [0.15, 0.2) is 65.9 Å². The number of aromatic nitrogens is 5. The number of H-pyrrole nitrogens is 1. The van der Waals surface area contributed by atoms with Crippen molar-refractivity contribution in [2.45, 2.75) is 0 Å². The molecule has 0 amide bonds. The van der Waals surface area contributed by atoms with Crippen LogP contribution in [0.25, 0.3) is 49.9 Å². The molecule has 0 fully saturated rings. The first-order chi connectivity index (χ1) is 15.7. The van der Waals surface area contributed by atoms with Gasteiger partial charge in [-0.15, -0.1) is 0 Å². The monoisotopic (exact) mass is 420 g/mol. The van der Waals surface area contributed by atoms with Gasteiger partial charge in [-0.05, 0) is 17.7 Å². The Labute approximate surface area is 184 Å². The predicted molar refractivity (Wildman–Crippen MR) is 127 cm³/mol. The number of fused-ring (bicyclic) bond motifs is 3. The Morgan fingerprint density at radius 3 is 2.62 bits per heavy atom. The number of allylic oxidation sites excluding steroid dienone is 1. The van der Waals surface area contributed by atoms with E-state index in [0.29, 0.717) is 6.54 Å². The minimum Gasteiger partial charge on any atom is -0.496 e. The lowest BCUT2D eigenvalue weighted by Gasteiger charge is -2.11. The SMILES string of the molecule is COc1cc2ncc3c(c(-c4ccc(-c5ccn[nH]5)cc4)nn3C)c2cc1C1=CCN=C1. The molecule has 0 bridgehead atoms. The molecular formula is C25H20N6O. The fourth-order valence-corrected chi connectivity index (χ4v) is 4.31. The second-order valence-corrected chi connectivity index (χ2v) is 7.76. The third-order valence-electron chi connectivity index (χ3n) is 5.93. The number of aromatic amines is 1. The van der Waals surface area contributed by atoms with E-state index < -0.39 is 0 Å². The number of aryl methyl sites for hydroxylation is 1. The normalized spacial score (nSPS) is 13.2. The van der Waals surface area contributed by atoms with Gasteiger partial charge in [0.05, 0.1) is 36.6 Å². The number of hydrogen-bond acceptors (Lipinski definition) is 5. The van der Waals surface area contributed by atoms with Gasteiger partial charge in [0.15, 0.2) is 0 Å². The number of nitrogens with zero attached hydrogens (tertiary/aromatic N) is 5. The van der Waals surface area contributed by atoms with E-state index in [9.17, 15) is 0 Å². The van der Waals surface area contributed by atoms with Crippen LogP contribution in [0.3, 0.4) is 0 Å². The molecule has 156 valence electrons. The quantitative estimate of drug-likeness (QED) is 0.459. The maximum atomic E-state index is 5.68. The molecule has 0 saturated carbocycles. The van der Waals surface area contributed by atoms with Crippen LogP contribution in [0.5, 0.6) is 5.75 Å². The summed E-state index contributed by atoms with van der Waals surface area (Å²) in [4.78, 5) is 9.04. The third kappa shape index (κ3) is 2.82. The molecule has 0 unspecified atom stereocenters. The van der Waals surface area contributed by atoms with Gasteiger partial charge in [-0.1, -0.05) is 30.3 Å². The van der Waals surface area contributed by atoms with E-state index >= 15 is 0 Å².